The maximum atomic E-state index is 12.7. The molecule has 0 spiro atoms. The standard InChI is InChI=1S/C18H21N5O2/c24-17(14-4-2-10-22(12-14)18(25)13-6-7-13)21-15-5-1-8-19-16(15)23-11-3-9-20-23/h1,3,5,8-9,11,13-14H,2,4,6-7,10,12H2,(H,21,24)/t14-/m1/s1. The molecule has 1 saturated heterocycles. The summed E-state index contributed by atoms with van der Waals surface area (Å²) in [4.78, 5) is 31.2. The van der Waals surface area contributed by atoms with E-state index in [1.807, 2.05) is 17.0 Å². The van der Waals surface area contributed by atoms with Crippen molar-refractivity contribution in [1.29, 1.82) is 0 Å². The first-order valence-corrected chi connectivity index (χ1v) is 8.77. The number of nitrogens with zero attached hydrogens (tertiary/aromatic N) is 4. The van der Waals surface area contributed by atoms with Crippen LogP contribution < -0.4 is 5.32 Å². The SMILES string of the molecule is O=C(Nc1cccnc1-n1cccn1)[C@@H]1CCCN(C(=O)C2CC2)C1. The number of hydrogen-bond acceptors (Lipinski definition) is 4. The van der Waals surface area contributed by atoms with Crippen LogP contribution in [0.3, 0.4) is 0 Å². The average molecular weight is 339 g/mol. The quantitative estimate of drug-likeness (QED) is 0.922. The van der Waals surface area contributed by atoms with Gasteiger partial charge in [-0.1, -0.05) is 0 Å². The van der Waals surface area contributed by atoms with Crippen LogP contribution in [0.5, 0.6) is 0 Å². The highest BCUT2D eigenvalue weighted by atomic mass is 16.2. The van der Waals surface area contributed by atoms with Gasteiger partial charge in [0, 0.05) is 37.6 Å². The first kappa shape index (κ1) is 15.8. The Morgan fingerprint density at radius 3 is 2.76 bits per heavy atom. The topological polar surface area (TPSA) is 80.1 Å². The van der Waals surface area contributed by atoms with Gasteiger partial charge in [0.15, 0.2) is 5.82 Å². The number of hydrogen-bond donors (Lipinski definition) is 1. The summed E-state index contributed by atoms with van der Waals surface area (Å²) < 4.78 is 1.62. The number of rotatable bonds is 4. The van der Waals surface area contributed by atoms with E-state index in [2.05, 4.69) is 15.4 Å². The van der Waals surface area contributed by atoms with Crippen LogP contribution >= 0.6 is 0 Å². The fourth-order valence-electron chi connectivity index (χ4n) is 3.29. The highest BCUT2D eigenvalue weighted by Crippen LogP contribution is 2.32. The van der Waals surface area contributed by atoms with E-state index >= 15 is 0 Å². The van der Waals surface area contributed by atoms with Gasteiger partial charge in [0.1, 0.15) is 0 Å². The molecule has 130 valence electrons. The molecule has 4 rings (SSSR count). The Morgan fingerprint density at radius 2 is 2.00 bits per heavy atom. The van der Waals surface area contributed by atoms with Gasteiger partial charge < -0.3 is 10.2 Å². The van der Waals surface area contributed by atoms with Gasteiger partial charge in [-0.15, -0.1) is 0 Å². The van der Waals surface area contributed by atoms with Crippen LogP contribution in [-0.2, 0) is 9.59 Å². The van der Waals surface area contributed by atoms with E-state index in [1.165, 1.54) is 0 Å². The lowest BCUT2D eigenvalue weighted by Gasteiger charge is -2.32. The van der Waals surface area contributed by atoms with Gasteiger partial charge in [-0.2, -0.15) is 5.10 Å². The molecule has 0 radical (unpaired) electrons. The molecular weight excluding hydrogens is 318 g/mol. The molecule has 0 unspecified atom stereocenters. The molecule has 25 heavy (non-hydrogen) atoms. The van der Waals surface area contributed by atoms with Gasteiger partial charge in [-0.25, -0.2) is 9.67 Å². The van der Waals surface area contributed by atoms with E-state index in [1.54, 1.807) is 29.3 Å². The lowest BCUT2D eigenvalue weighted by atomic mass is 9.96. The predicted octanol–water partition coefficient (Wildman–Crippen LogP) is 1.85. The average Bonchev–Trinajstić information content (AvgIpc) is 3.36. The normalized spacial score (nSPS) is 20.3. The van der Waals surface area contributed by atoms with E-state index in [0.29, 0.717) is 18.1 Å². The molecule has 2 aromatic heterocycles. The third-order valence-electron chi connectivity index (χ3n) is 4.80. The van der Waals surface area contributed by atoms with Crippen molar-refractivity contribution < 1.29 is 9.59 Å². The second-order valence-electron chi connectivity index (χ2n) is 6.71. The lowest BCUT2D eigenvalue weighted by molar-refractivity contribution is -0.135. The first-order valence-electron chi connectivity index (χ1n) is 8.77. The number of nitrogens with one attached hydrogen (secondary N) is 1. The second kappa shape index (κ2) is 6.66. The molecule has 0 bridgehead atoms. The third-order valence-corrected chi connectivity index (χ3v) is 4.80. The maximum Gasteiger partial charge on any atom is 0.229 e. The van der Waals surface area contributed by atoms with E-state index < -0.39 is 0 Å². The third kappa shape index (κ3) is 3.40. The number of pyridine rings is 1. The van der Waals surface area contributed by atoms with Crippen molar-refractivity contribution in [1.82, 2.24) is 19.7 Å². The van der Waals surface area contributed by atoms with Crippen LogP contribution in [0.1, 0.15) is 25.7 Å². The summed E-state index contributed by atoms with van der Waals surface area (Å²) >= 11 is 0. The minimum atomic E-state index is -0.179. The zero-order chi connectivity index (χ0) is 17.2. The number of carbonyl (C=O) groups is 2. The summed E-state index contributed by atoms with van der Waals surface area (Å²) in [6.45, 7) is 1.28. The van der Waals surface area contributed by atoms with Gasteiger partial charge in [0.2, 0.25) is 11.8 Å². The van der Waals surface area contributed by atoms with Gasteiger partial charge >= 0.3 is 0 Å². The molecule has 2 aromatic rings. The van der Waals surface area contributed by atoms with Crippen molar-refractivity contribution in [2.45, 2.75) is 25.7 Å². The molecule has 7 nitrogen and oxygen atoms in total. The number of carbonyl (C=O) groups excluding carboxylic acids is 2. The summed E-state index contributed by atoms with van der Waals surface area (Å²) in [7, 11) is 0. The van der Waals surface area contributed by atoms with Crippen molar-refractivity contribution in [3.63, 3.8) is 0 Å². The van der Waals surface area contributed by atoms with Crippen LogP contribution in [0.15, 0.2) is 36.8 Å². The van der Waals surface area contributed by atoms with E-state index in [-0.39, 0.29) is 23.7 Å². The van der Waals surface area contributed by atoms with Crippen LogP contribution in [0, 0.1) is 11.8 Å². The zero-order valence-corrected chi connectivity index (χ0v) is 14.0. The van der Waals surface area contributed by atoms with Crippen molar-refractivity contribution in [3.8, 4) is 5.82 Å². The fourth-order valence-corrected chi connectivity index (χ4v) is 3.29. The van der Waals surface area contributed by atoms with E-state index in [9.17, 15) is 9.59 Å². The van der Waals surface area contributed by atoms with Crippen molar-refractivity contribution in [2.75, 3.05) is 18.4 Å². The summed E-state index contributed by atoms with van der Waals surface area (Å²) in [6.07, 6.45) is 8.79. The van der Waals surface area contributed by atoms with Crippen molar-refractivity contribution in [2.24, 2.45) is 11.8 Å². The molecule has 2 fully saturated rings. The van der Waals surface area contributed by atoms with E-state index in [4.69, 9.17) is 0 Å². The van der Waals surface area contributed by atoms with Crippen LogP contribution in [0.4, 0.5) is 5.69 Å². The highest BCUT2D eigenvalue weighted by molar-refractivity contribution is 5.94. The Kier molecular flexibility index (Phi) is 4.21. The van der Waals surface area contributed by atoms with Crippen LogP contribution in [-0.4, -0.2) is 44.6 Å². The number of anilines is 1. The van der Waals surface area contributed by atoms with E-state index in [0.717, 1.165) is 32.2 Å². The molecule has 7 heteroatoms. The molecule has 1 aliphatic carbocycles. The summed E-state index contributed by atoms with van der Waals surface area (Å²) in [5.74, 6) is 0.766. The molecule has 1 aliphatic heterocycles. The predicted molar refractivity (Wildman–Crippen MR) is 92.0 cm³/mol. The van der Waals surface area contributed by atoms with Crippen molar-refractivity contribution >= 4 is 17.5 Å². The van der Waals surface area contributed by atoms with Gasteiger partial charge in [0.05, 0.1) is 11.6 Å². The summed E-state index contributed by atoms with van der Waals surface area (Å²) in [6, 6.07) is 5.41. The molecule has 1 N–H and O–H groups in total. The zero-order valence-electron chi connectivity index (χ0n) is 14.0. The Bertz CT molecular complexity index is 770. The molecule has 1 saturated carbocycles. The fraction of sp³-hybridized carbons (Fsp3) is 0.444. The second-order valence-corrected chi connectivity index (χ2v) is 6.71. The Balaban J connectivity index is 1.46. The first-order chi connectivity index (χ1) is 12.2. The van der Waals surface area contributed by atoms with Crippen molar-refractivity contribution in [3.05, 3.63) is 36.8 Å². The van der Waals surface area contributed by atoms with Gasteiger partial charge in [-0.05, 0) is 43.9 Å². The van der Waals surface area contributed by atoms with Crippen LogP contribution in [0.25, 0.3) is 5.82 Å². The lowest BCUT2D eigenvalue weighted by Crippen LogP contribution is -2.44. The monoisotopic (exact) mass is 339 g/mol. The summed E-state index contributed by atoms with van der Waals surface area (Å²) in [5.41, 5.74) is 0.627. The molecular formula is C18H21N5O2. The number of aromatic nitrogens is 3. The summed E-state index contributed by atoms with van der Waals surface area (Å²) in [5, 5.41) is 7.15. The highest BCUT2D eigenvalue weighted by Gasteiger charge is 2.36. The Hall–Kier alpha value is -2.70. The minimum absolute atomic E-state index is 0.0605. The molecule has 1 atom stereocenters. The van der Waals surface area contributed by atoms with Gasteiger partial charge in [0.25, 0.3) is 0 Å². The molecule has 3 heterocycles. The number of likely N-dealkylation sites (tertiary alicyclic amines) is 1. The number of piperidine rings is 1. The Labute approximate surface area is 146 Å². The maximum absolute atomic E-state index is 12.7. The van der Waals surface area contributed by atoms with Crippen LogP contribution in [0.2, 0.25) is 0 Å². The number of amides is 2. The van der Waals surface area contributed by atoms with Gasteiger partial charge in [-0.3, -0.25) is 9.59 Å². The molecule has 2 aliphatic rings. The smallest absolute Gasteiger partial charge is 0.229 e. The Morgan fingerprint density at radius 1 is 1.12 bits per heavy atom. The largest absolute Gasteiger partial charge is 0.342 e. The minimum Gasteiger partial charge on any atom is -0.342 e. The molecule has 0 aromatic carbocycles. The molecule has 2 amide bonds.